The van der Waals surface area contributed by atoms with Crippen molar-refractivity contribution in [3.05, 3.63) is 46.5 Å². The molecule has 0 radical (unpaired) electrons. The topological polar surface area (TPSA) is 15.8 Å². The molecule has 25 heavy (non-hydrogen) atoms. The zero-order valence-corrected chi connectivity index (χ0v) is 16.0. The van der Waals surface area contributed by atoms with Crippen LogP contribution in [0.3, 0.4) is 0 Å². The summed E-state index contributed by atoms with van der Waals surface area (Å²) in [5, 5.41) is 2.41. The van der Waals surface area contributed by atoms with Gasteiger partial charge in [0, 0.05) is 21.9 Å². The van der Waals surface area contributed by atoms with Crippen LogP contribution < -0.4 is 0 Å². The van der Waals surface area contributed by atoms with Gasteiger partial charge in [-0.25, -0.2) is 0 Å². The number of fused-ring (bicyclic) bond motifs is 3. The van der Waals surface area contributed by atoms with Gasteiger partial charge in [-0.15, -0.1) is 12.8 Å². The van der Waals surface area contributed by atoms with Gasteiger partial charge >= 0.3 is 0 Å². The summed E-state index contributed by atoms with van der Waals surface area (Å²) in [5.74, 6) is 5.78. The van der Waals surface area contributed by atoms with E-state index in [1.165, 1.54) is 21.9 Å². The molecule has 1 nitrogen and oxygen atoms in total. The van der Waals surface area contributed by atoms with Gasteiger partial charge in [0.2, 0.25) is 0 Å². The maximum absolute atomic E-state index is 5.96. The van der Waals surface area contributed by atoms with E-state index in [9.17, 15) is 0 Å². The third-order valence-corrected chi connectivity index (χ3v) is 4.74. The number of rotatable bonds is 0. The monoisotopic (exact) mass is 327 g/mol. The van der Waals surface area contributed by atoms with Crippen LogP contribution in [0.1, 0.15) is 63.8 Å². The molecule has 0 aliphatic carbocycles. The van der Waals surface area contributed by atoms with E-state index in [0.717, 1.165) is 22.2 Å². The lowest BCUT2D eigenvalue weighted by Gasteiger charge is -2.33. The van der Waals surface area contributed by atoms with Crippen molar-refractivity contribution in [1.29, 1.82) is 0 Å². The van der Waals surface area contributed by atoms with Crippen LogP contribution in [0.15, 0.2) is 24.3 Å². The highest BCUT2D eigenvalue weighted by molar-refractivity contribution is 6.12. The summed E-state index contributed by atoms with van der Waals surface area (Å²) in [6, 6.07) is 8.36. The zero-order chi connectivity index (χ0) is 18.6. The Morgan fingerprint density at radius 2 is 1.36 bits per heavy atom. The number of H-pyrrole nitrogens is 1. The van der Waals surface area contributed by atoms with Crippen molar-refractivity contribution < 1.29 is 0 Å². The molecule has 0 atom stereocenters. The van der Waals surface area contributed by atoms with E-state index in [1.54, 1.807) is 0 Å². The van der Waals surface area contributed by atoms with Crippen molar-refractivity contribution in [2.45, 2.75) is 52.4 Å². The highest BCUT2D eigenvalue weighted by Gasteiger charge is 2.33. The maximum atomic E-state index is 5.96. The van der Waals surface area contributed by atoms with Crippen LogP contribution in [0.5, 0.6) is 0 Å². The fraction of sp³-hybridized carbons (Fsp3) is 0.333. The average molecular weight is 327 g/mol. The first kappa shape index (κ1) is 17.2. The van der Waals surface area contributed by atoms with E-state index in [1.807, 2.05) is 6.07 Å². The molecule has 3 rings (SSSR count). The maximum Gasteiger partial charge on any atom is 0.0643 e. The lowest BCUT2D eigenvalue weighted by molar-refractivity contribution is 0.533. The minimum absolute atomic E-state index is 0.0649. The summed E-state index contributed by atoms with van der Waals surface area (Å²) in [4.78, 5) is 3.53. The van der Waals surface area contributed by atoms with Crippen molar-refractivity contribution in [2.24, 2.45) is 0 Å². The van der Waals surface area contributed by atoms with Crippen molar-refractivity contribution >= 4 is 21.8 Å². The van der Waals surface area contributed by atoms with Crippen molar-refractivity contribution in [3.8, 4) is 24.7 Å². The Morgan fingerprint density at radius 3 is 1.88 bits per heavy atom. The number of aromatic nitrogens is 1. The second-order valence-electron chi connectivity index (χ2n) is 8.71. The highest BCUT2D eigenvalue weighted by Crippen LogP contribution is 2.45. The lowest BCUT2D eigenvalue weighted by atomic mass is 9.70. The smallest absolute Gasteiger partial charge is 0.0643 e. The Balaban J connectivity index is 2.77. The number of terminal acetylenes is 2. The predicted molar refractivity (Wildman–Crippen MR) is 109 cm³/mol. The molecule has 0 aliphatic heterocycles. The van der Waals surface area contributed by atoms with E-state index < -0.39 is 0 Å². The van der Waals surface area contributed by atoms with Gasteiger partial charge in [0.1, 0.15) is 0 Å². The Labute approximate surface area is 150 Å². The highest BCUT2D eigenvalue weighted by atomic mass is 14.7. The quantitative estimate of drug-likeness (QED) is 0.496. The lowest BCUT2D eigenvalue weighted by Crippen LogP contribution is -2.24. The second-order valence-corrected chi connectivity index (χ2v) is 8.71. The summed E-state index contributed by atoms with van der Waals surface area (Å²) in [5.41, 5.74) is 6.02. The number of aromatic amines is 1. The molecule has 0 spiro atoms. The van der Waals surface area contributed by atoms with Gasteiger partial charge in [-0.3, -0.25) is 0 Å². The van der Waals surface area contributed by atoms with Gasteiger partial charge in [0.05, 0.1) is 11.1 Å². The molecule has 1 aromatic heterocycles. The molecule has 2 aromatic carbocycles. The molecule has 0 unspecified atom stereocenters. The molecule has 0 amide bonds. The van der Waals surface area contributed by atoms with Crippen LogP contribution in [0, 0.1) is 24.7 Å². The molecule has 1 heterocycles. The van der Waals surface area contributed by atoms with Gasteiger partial charge in [-0.1, -0.05) is 71.6 Å². The van der Waals surface area contributed by atoms with Crippen molar-refractivity contribution in [3.63, 3.8) is 0 Å². The van der Waals surface area contributed by atoms with E-state index in [0.29, 0.717) is 0 Å². The van der Waals surface area contributed by atoms with Gasteiger partial charge in [-0.2, -0.15) is 0 Å². The van der Waals surface area contributed by atoms with E-state index in [4.69, 9.17) is 12.8 Å². The molecular formula is C24H25N. The fourth-order valence-electron chi connectivity index (χ4n) is 3.88. The first-order valence-electron chi connectivity index (χ1n) is 8.65. The fourth-order valence-corrected chi connectivity index (χ4v) is 3.88. The molecule has 0 saturated heterocycles. The van der Waals surface area contributed by atoms with Crippen LogP contribution in [-0.2, 0) is 10.8 Å². The standard InChI is InChI=1S/C24H25N/c1-9-15-16(10-2)22-19(17-13-11-12-14-18(17)25-22)21(24(6,7)8)20(15)23(3,4)5/h1-2,11-14,25H,3-8H3. The number of hydrogen-bond donors (Lipinski definition) is 1. The van der Waals surface area contributed by atoms with Crippen LogP contribution in [-0.4, -0.2) is 4.98 Å². The van der Waals surface area contributed by atoms with Crippen LogP contribution in [0.4, 0.5) is 0 Å². The number of hydrogen-bond acceptors (Lipinski definition) is 0. The average Bonchev–Trinajstić information content (AvgIpc) is 2.89. The van der Waals surface area contributed by atoms with Gasteiger partial charge in [0.25, 0.3) is 0 Å². The second kappa shape index (κ2) is 5.44. The summed E-state index contributed by atoms with van der Waals surface area (Å²) >= 11 is 0. The molecule has 126 valence electrons. The van der Waals surface area contributed by atoms with Crippen LogP contribution in [0.25, 0.3) is 21.8 Å². The minimum atomic E-state index is -0.109. The zero-order valence-electron chi connectivity index (χ0n) is 16.0. The third-order valence-electron chi connectivity index (χ3n) is 4.74. The first-order chi connectivity index (χ1) is 11.6. The number of para-hydroxylation sites is 1. The third kappa shape index (κ3) is 2.52. The van der Waals surface area contributed by atoms with Gasteiger partial charge in [0.15, 0.2) is 0 Å². The van der Waals surface area contributed by atoms with Crippen molar-refractivity contribution in [2.75, 3.05) is 0 Å². The van der Waals surface area contributed by atoms with Crippen molar-refractivity contribution in [1.82, 2.24) is 4.98 Å². The van der Waals surface area contributed by atoms with Crippen LogP contribution in [0.2, 0.25) is 0 Å². The van der Waals surface area contributed by atoms with E-state index in [-0.39, 0.29) is 10.8 Å². The summed E-state index contributed by atoms with van der Waals surface area (Å²) in [6.07, 6.45) is 11.9. The van der Waals surface area contributed by atoms with Gasteiger partial charge < -0.3 is 4.98 Å². The largest absolute Gasteiger partial charge is 0.353 e. The molecule has 0 aliphatic rings. The Morgan fingerprint density at radius 1 is 0.800 bits per heavy atom. The number of benzene rings is 2. The first-order valence-corrected chi connectivity index (χ1v) is 8.65. The number of nitrogens with one attached hydrogen (secondary N) is 1. The van der Waals surface area contributed by atoms with E-state index in [2.05, 4.69) is 76.6 Å². The summed E-state index contributed by atoms with van der Waals surface area (Å²) in [6.45, 7) is 13.4. The molecule has 0 fully saturated rings. The van der Waals surface area contributed by atoms with Gasteiger partial charge in [-0.05, 0) is 28.0 Å². The minimum Gasteiger partial charge on any atom is -0.353 e. The van der Waals surface area contributed by atoms with E-state index >= 15 is 0 Å². The molecule has 0 saturated carbocycles. The summed E-state index contributed by atoms with van der Waals surface area (Å²) < 4.78 is 0. The Hall–Kier alpha value is -2.64. The summed E-state index contributed by atoms with van der Waals surface area (Å²) in [7, 11) is 0. The Kier molecular flexibility index (Phi) is 3.74. The normalized spacial score (nSPS) is 12.3. The SMILES string of the molecule is C#Cc1c(C(C)(C)C)c(C(C)(C)C)c2c([nH]c3ccccc32)c1C#C. The molecule has 1 heteroatoms. The van der Waals surface area contributed by atoms with Crippen LogP contribution >= 0.6 is 0 Å². The molecule has 1 N–H and O–H groups in total. The molecular weight excluding hydrogens is 302 g/mol. The Bertz CT molecular complexity index is 1060. The molecule has 3 aromatic rings. The molecule has 0 bridgehead atoms. The predicted octanol–water partition coefficient (Wildman–Crippen LogP) is 5.88.